The van der Waals surface area contributed by atoms with Crippen LogP contribution in [0, 0.1) is 5.82 Å². The maximum Gasteiger partial charge on any atom is 0.262 e. The topological polar surface area (TPSA) is 51.2 Å². The first kappa shape index (κ1) is 21.9. The average Bonchev–Trinajstić information content (AvgIpc) is 3.20. The van der Waals surface area contributed by atoms with Gasteiger partial charge in [0.05, 0.1) is 27.7 Å². The molecule has 2 aromatic heterocycles. The largest absolute Gasteiger partial charge is 0.493 e. The predicted octanol–water partition coefficient (Wildman–Crippen LogP) is 7.13. The van der Waals surface area contributed by atoms with Crippen LogP contribution in [0.3, 0.4) is 0 Å². The molecule has 5 rings (SSSR count). The van der Waals surface area contributed by atoms with E-state index in [0.29, 0.717) is 34.2 Å². The van der Waals surface area contributed by atoms with Crippen LogP contribution in [0.5, 0.6) is 5.75 Å². The zero-order valence-electron chi connectivity index (χ0n) is 18.2. The van der Waals surface area contributed by atoms with Gasteiger partial charge in [-0.3, -0.25) is 9.78 Å². The molecule has 3 heterocycles. The van der Waals surface area contributed by atoms with Gasteiger partial charge < -0.3 is 10.1 Å². The first-order chi connectivity index (χ1) is 15.9. The Labute approximate surface area is 200 Å². The van der Waals surface area contributed by atoms with Crippen molar-refractivity contribution in [3.63, 3.8) is 0 Å². The van der Waals surface area contributed by atoms with Crippen molar-refractivity contribution in [2.45, 2.75) is 32.2 Å². The number of nitrogens with zero attached hydrogens (tertiary/aromatic N) is 1. The van der Waals surface area contributed by atoms with E-state index in [4.69, 9.17) is 16.3 Å². The molecule has 0 spiro atoms. The Bertz CT molecular complexity index is 1370. The third-order valence-corrected chi connectivity index (χ3v) is 7.31. The molecule has 7 heteroatoms. The molecule has 1 aliphatic rings. The maximum absolute atomic E-state index is 13.9. The van der Waals surface area contributed by atoms with Crippen LogP contribution >= 0.6 is 22.9 Å². The van der Waals surface area contributed by atoms with Gasteiger partial charge in [0.25, 0.3) is 5.91 Å². The molecule has 0 bridgehead atoms. The van der Waals surface area contributed by atoms with Crippen LogP contribution in [-0.2, 0) is 0 Å². The highest BCUT2D eigenvalue weighted by molar-refractivity contribution is 7.21. The van der Waals surface area contributed by atoms with E-state index in [9.17, 15) is 9.18 Å². The Morgan fingerprint density at radius 2 is 2.09 bits per heavy atom. The van der Waals surface area contributed by atoms with E-state index in [1.807, 2.05) is 30.3 Å². The molecule has 1 amide bonds. The molecule has 1 atom stereocenters. The number of amides is 1. The number of rotatable bonds is 4. The molecule has 1 N–H and O–H groups in total. The number of halogens is 2. The number of ether oxygens (including phenoxy) is 1. The fourth-order valence-corrected chi connectivity index (χ4v) is 5.88. The number of carbonyl (C=O) groups is 1. The average molecular weight is 481 g/mol. The van der Waals surface area contributed by atoms with E-state index in [-0.39, 0.29) is 23.7 Å². The number of aromatic nitrogens is 1. The highest BCUT2D eigenvalue weighted by Crippen LogP contribution is 2.41. The number of benzene rings is 2. The monoisotopic (exact) mass is 480 g/mol. The minimum atomic E-state index is -0.349. The van der Waals surface area contributed by atoms with Crippen molar-refractivity contribution in [2.75, 3.05) is 6.61 Å². The van der Waals surface area contributed by atoms with E-state index in [1.54, 1.807) is 12.3 Å². The minimum absolute atomic E-state index is 0.0982. The number of thiophene rings is 1. The minimum Gasteiger partial charge on any atom is -0.493 e. The van der Waals surface area contributed by atoms with E-state index in [2.05, 4.69) is 24.1 Å². The van der Waals surface area contributed by atoms with Gasteiger partial charge in [-0.25, -0.2) is 4.39 Å². The molecular weight excluding hydrogens is 459 g/mol. The summed E-state index contributed by atoms with van der Waals surface area (Å²) in [6, 6.07) is 13.7. The predicted molar refractivity (Wildman–Crippen MR) is 131 cm³/mol. The highest BCUT2D eigenvalue weighted by atomic mass is 35.5. The Morgan fingerprint density at radius 1 is 1.24 bits per heavy atom. The molecule has 168 valence electrons. The summed E-state index contributed by atoms with van der Waals surface area (Å²) in [7, 11) is 0. The molecular formula is C26H22ClFN2O2S. The van der Waals surface area contributed by atoms with Gasteiger partial charge in [0.1, 0.15) is 11.6 Å². The molecule has 0 saturated carbocycles. The summed E-state index contributed by atoms with van der Waals surface area (Å²) in [5.41, 5.74) is 4.39. The smallest absolute Gasteiger partial charge is 0.262 e. The summed E-state index contributed by atoms with van der Waals surface area (Å²) < 4.78 is 20.5. The number of hydrogen-bond acceptors (Lipinski definition) is 4. The summed E-state index contributed by atoms with van der Waals surface area (Å²) >= 11 is 7.67. The Kier molecular flexibility index (Phi) is 5.81. The van der Waals surface area contributed by atoms with Gasteiger partial charge in [-0.05, 0) is 47.9 Å². The van der Waals surface area contributed by atoms with Crippen molar-refractivity contribution in [3.05, 3.63) is 81.6 Å². The van der Waals surface area contributed by atoms with Crippen LogP contribution < -0.4 is 10.1 Å². The molecule has 4 nitrogen and oxygen atoms in total. The van der Waals surface area contributed by atoms with E-state index >= 15 is 0 Å². The van der Waals surface area contributed by atoms with Crippen LogP contribution in [-0.4, -0.2) is 17.5 Å². The van der Waals surface area contributed by atoms with Crippen molar-refractivity contribution in [1.82, 2.24) is 10.3 Å². The molecule has 0 fully saturated rings. The van der Waals surface area contributed by atoms with Crippen molar-refractivity contribution in [1.29, 1.82) is 0 Å². The van der Waals surface area contributed by atoms with Crippen LogP contribution in [0.15, 0.2) is 54.7 Å². The second kappa shape index (κ2) is 8.76. The molecule has 33 heavy (non-hydrogen) atoms. The van der Waals surface area contributed by atoms with Crippen LogP contribution in [0.25, 0.3) is 21.3 Å². The molecule has 0 unspecified atom stereocenters. The number of pyridine rings is 1. The molecule has 0 saturated heterocycles. The lowest BCUT2D eigenvalue weighted by molar-refractivity contribution is 0.0927. The SMILES string of the molecule is CC(C)c1c(C(=O)N[C@H]2CCOc3ccc(F)cc32)sc2c(-c3cccc(Cl)c3)ccnc12. The van der Waals surface area contributed by atoms with Gasteiger partial charge in [0, 0.05) is 34.3 Å². The number of nitrogens with one attached hydrogen (secondary N) is 1. The summed E-state index contributed by atoms with van der Waals surface area (Å²) in [6.45, 7) is 4.59. The molecule has 0 aliphatic carbocycles. The number of hydrogen-bond donors (Lipinski definition) is 1. The van der Waals surface area contributed by atoms with E-state index < -0.39 is 0 Å². The maximum atomic E-state index is 13.9. The highest BCUT2D eigenvalue weighted by Gasteiger charge is 2.28. The van der Waals surface area contributed by atoms with Gasteiger partial charge in [0.15, 0.2) is 0 Å². The molecule has 1 aliphatic heterocycles. The summed E-state index contributed by atoms with van der Waals surface area (Å²) in [4.78, 5) is 18.8. The van der Waals surface area contributed by atoms with Gasteiger partial charge >= 0.3 is 0 Å². The lowest BCUT2D eigenvalue weighted by atomic mass is 9.98. The standard InChI is InChI=1S/C26H22ClFN2O2S/c1-14(2)22-23-24(18(8-10-29-23)15-4-3-5-16(27)12-15)33-25(22)26(31)30-20-9-11-32-21-7-6-17(28)13-19(20)21/h3-8,10,12-14,20H,9,11H2,1-2H3,(H,30,31)/t20-/m0/s1. The summed E-state index contributed by atoms with van der Waals surface area (Å²) in [5, 5.41) is 3.77. The fourth-order valence-electron chi connectivity index (χ4n) is 4.33. The Balaban J connectivity index is 1.57. The van der Waals surface area contributed by atoms with Crippen molar-refractivity contribution >= 4 is 39.1 Å². The first-order valence-electron chi connectivity index (χ1n) is 10.8. The lowest BCUT2D eigenvalue weighted by Crippen LogP contribution is -2.32. The quantitative estimate of drug-likeness (QED) is 0.338. The van der Waals surface area contributed by atoms with E-state index in [1.165, 1.54) is 23.5 Å². The van der Waals surface area contributed by atoms with Crippen LogP contribution in [0.1, 0.15) is 53.0 Å². The number of carbonyl (C=O) groups excluding carboxylic acids is 1. The Morgan fingerprint density at radius 3 is 2.88 bits per heavy atom. The van der Waals surface area contributed by atoms with Crippen molar-refractivity contribution < 1.29 is 13.9 Å². The third kappa shape index (κ3) is 4.09. The third-order valence-electron chi connectivity index (χ3n) is 5.84. The zero-order valence-corrected chi connectivity index (χ0v) is 19.8. The van der Waals surface area contributed by atoms with Crippen molar-refractivity contribution in [2.24, 2.45) is 0 Å². The van der Waals surface area contributed by atoms with Gasteiger partial charge in [-0.1, -0.05) is 37.6 Å². The normalized spacial score (nSPS) is 15.4. The van der Waals surface area contributed by atoms with Crippen molar-refractivity contribution in [3.8, 4) is 16.9 Å². The van der Waals surface area contributed by atoms with Gasteiger partial charge in [-0.15, -0.1) is 11.3 Å². The number of fused-ring (bicyclic) bond motifs is 2. The second-order valence-electron chi connectivity index (χ2n) is 8.39. The zero-order chi connectivity index (χ0) is 23.1. The van der Waals surface area contributed by atoms with E-state index in [0.717, 1.165) is 26.9 Å². The van der Waals surface area contributed by atoms with Crippen LogP contribution in [0.2, 0.25) is 5.02 Å². The summed E-state index contributed by atoms with van der Waals surface area (Å²) in [6.07, 6.45) is 2.35. The van der Waals surface area contributed by atoms with Gasteiger partial charge in [-0.2, -0.15) is 0 Å². The molecule has 0 radical (unpaired) electrons. The Hall–Kier alpha value is -2.96. The van der Waals surface area contributed by atoms with Gasteiger partial charge in [0.2, 0.25) is 0 Å². The second-order valence-corrected chi connectivity index (χ2v) is 9.85. The lowest BCUT2D eigenvalue weighted by Gasteiger charge is -2.26. The fraction of sp³-hybridized carbons (Fsp3) is 0.231. The van der Waals surface area contributed by atoms with Crippen LogP contribution in [0.4, 0.5) is 4.39 Å². The summed E-state index contributed by atoms with van der Waals surface area (Å²) in [5.74, 6) is 0.179. The first-order valence-corrected chi connectivity index (χ1v) is 12.0. The molecule has 4 aromatic rings. The molecule has 2 aromatic carbocycles.